The van der Waals surface area contributed by atoms with Crippen LogP contribution in [0.15, 0.2) is 83.7 Å². The number of allylic oxidation sites excluding steroid dienone is 3. The van der Waals surface area contributed by atoms with Gasteiger partial charge >= 0.3 is 0 Å². The van der Waals surface area contributed by atoms with Gasteiger partial charge in [0.1, 0.15) is 11.5 Å². The second-order valence-electron chi connectivity index (χ2n) is 8.39. The predicted molar refractivity (Wildman–Crippen MR) is 142 cm³/mol. The van der Waals surface area contributed by atoms with Gasteiger partial charge in [0.2, 0.25) is 11.8 Å². The molecule has 36 heavy (non-hydrogen) atoms. The van der Waals surface area contributed by atoms with Crippen molar-refractivity contribution < 1.29 is 14.3 Å². The van der Waals surface area contributed by atoms with Crippen molar-refractivity contribution in [3.05, 3.63) is 84.2 Å². The molecule has 1 aromatic heterocycles. The Balaban J connectivity index is 1.47. The van der Waals surface area contributed by atoms with E-state index in [2.05, 4.69) is 39.5 Å². The molecule has 0 aliphatic carbocycles. The highest BCUT2D eigenvalue weighted by Crippen LogP contribution is 2.35. The summed E-state index contributed by atoms with van der Waals surface area (Å²) in [7, 11) is 1.62. The number of aliphatic imine (C=N–C) groups is 1. The molecule has 184 valence electrons. The van der Waals surface area contributed by atoms with Gasteiger partial charge in [-0.25, -0.2) is 0 Å². The highest BCUT2D eigenvalue weighted by Gasteiger charge is 2.22. The van der Waals surface area contributed by atoms with Crippen LogP contribution >= 0.6 is 0 Å². The Labute approximate surface area is 210 Å². The van der Waals surface area contributed by atoms with Crippen LogP contribution in [0.2, 0.25) is 0 Å². The fourth-order valence-corrected chi connectivity index (χ4v) is 4.22. The third-order valence-corrected chi connectivity index (χ3v) is 6.06. The molecular weight excluding hydrogens is 456 g/mol. The molecule has 9 nitrogen and oxygen atoms in total. The number of hydrazine groups is 1. The number of nitrogens with one attached hydrogen (secondary N) is 2. The van der Waals surface area contributed by atoms with Crippen LogP contribution in [0, 0.1) is 0 Å². The molecule has 2 aromatic rings. The lowest BCUT2D eigenvalue weighted by molar-refractivity contribution is -0.111. The number of carbonyl (C=O) groups excluding carboxylic acids is 1. The third-order valence-electron chi connectivity index (χ3n) is 6.06. The molecule has 0 unspecified atom stereocenters. The Bertz CT molecular complexity index is 1290. The molecule has 0 bridgehead atoms. The van der Waals surface area contributed by atoms with Crippen LogP contribution < -0.4 is 20.4 Å². The first-order valence-electron chi connectivity index (χ1n) is 11.8. The van der Waals surface area contributed by atoms with Crippen molar-refractivity contribution in [2.45, 2.75) is 6.42 Å². The summed E-state index contributed by atoms with van der Waals surface area (Å²) in [5, 5.41) is 4.78. The number of benzene rings is 1. The van der Waals surface area contributed by atoms with Gasteiger partial charge in [-0.1, -0.05) is 18.7 Å². The fraction of sp³-hybridized carbons (Fsp3) is 0.222. The summed E-state index contributed by atoms with van der Waals surface area (Å²) in [6.07, 6.45) is 9.85. The van der Waals surface area contributed by atoms with Crippen LogP contribution in [0.3, 0.4) is 0 Å². The zero-order valence-electron chi connectivity index (χ0n) is 20.1. The molecule has 9 heteroatoms. The van der Waals surface area contributed by atoms with E-state index in [9.17, 15) is 4.79 Å². The number of morpholine rings is 1. The zero-order valence-corrected chi connectivity index (χ0v) is 20.1. The van der Waals surface area contributed by atoms with Crippen LogP contribution in [-0.2, 0) is 9.53 Å². The van der Waals surface area contributed by atoms with Gasteiger partial charge in [-0.15, -0.1) is 0 Å². The van der Waals surface area contributed by atoms with E-state index in [1.54, 1.807) is 7.11 Å². The average Bonchev–Trinajstić information content (AvgIpc) is 2.93. The molecule has 0 atom stereocenters. The first-order chi connectivity index (χ1) is 17.6. The van der Waals surface area contributed by atoms with Crippen molar-refractivity contribution in [3.8, 4) is 5.88 Å². The van der Waals surface area contributed by atoms with Gasteiger partial charge in [-0.05, 0) is 47.6 Å². The number of nitrogens with zero attached hydrogens (tertiary/aromatic N) is 4. The van der Waals surface area contributed by atoms with Crippen LogP contribution in [0.1, 0.15) is 12.0 Å². The molecule has 5 rings (SSSR count). The molecule has 1 amide bonds. The average molecular weight is 485 g/mol. The number of aromatic nitrogens is 1. The van der Waals surface area contributed by atoms with Crippen molar-refractivity contribution in [3.63, 3.8) is 0 Å². The van der Waals surface area contributed by atoms with Gasteiger partial charge < -0.3 is 19.7 Å². The second-order valence-corrected chi connectivity index (χ2v) is 8.39. The maximum atomic E-state index is 11.8. The van der Waals surface area contributed by atoms with E-state index >= 15 is 0 Å². The molecule has 3 aliphatic heterocycles. The monoisotopic (exact) mass is 484 g/mol. The number of rotatable bonds is 7. The van der Waals surface area contributed by atoms with Crippen LogP contribution in [-0.4, -0.2) is 55.5 Å². The van der Waals surface area contributed by atoms with E-state index in [4.69, 9.17) is 14.5 Å². The molecule has 0 radical (unpaired) electrons. The van der Waals surface area contributed by atoms with Crippen LogP contribution in [0.5, 0.6) is 5.88 Å². The number of pyridine rings is 1. The molecular formula is C27H28N6O3. The summed E-state index contributed by atoms with van der Waals surface area (Å²) in [6.45, 7) is 6.49. The summed E-state index contributed by atoms with van der Waals surface area (Å²) in [5.74, 6) is 1.09. The van der Waals surface area contributed by atoms with E-state index in [0.717, 1.165) is 53.4 Å². The lowest BCUT2D eigenvalue weighted by Crippen LogP contribution is -2.36. The molecule has 1 aromatic carbocycles. The lowest BCUT2D eigenvalue weighted by Gasteiger charge is -2.32. The number of carbonyl (C=O) groups is 1. The number of anilines is 3. The standard InChI is InChI=1S/C27H28N6O3/c1-3-26(34)29-22-6-4-5-19(15-22)24-16-21-17-28-10-9-20(21)18-33(24)31-23-7-8-25(30-27(23)35-2)32-11-13-36-14-12-32/h3-8,10,15-18,31H,1,9,11-14H2,2H3,(H,29,34). The Hall–Kier alpha value is -4.37. The summed E-state index contributed by atoms with van der Waals surface area (Å²) in [6, 6.07) is 11.6. The third kappa shape index (κ3) is 5.01. The second kappa shape index (κ2) is 10.5. The Morgan fingerprint density at radius 2 is 2.08 bits per heavy atom. The topological polar surface area (TPSA) is 91.3 Å². The number of ether oxygens (including phenoxy) is 2. The number of hydrogen-bond acceptors (Lipinski definition) is 8. The van der Waals surface area contributed by atoms with Gasteiger partial charge in [0.05, 0.1) is 26.0 Å². The Morgan fingerprint density at radius 3 is 2.89 bits per heavy atom. The van der Waals surface area contributed by atoms with E-state index < -0.39 is 0 Å². The molecule has 2 N–H and O–H groups in total. The maximum absolute atomic E-state index is 11.8. The van der Waals surface area contributed by atoms with E-state index in [1.807, 2.05) is 53.8 Å². The summed E-state index contributed by atoms with van der Waals surface area (Å²) >= 11 is 0. The minimum atomic E-state index is -0.262. The van der Waals surface area contributed by atoms with E-state index in [0.29, 0.717) is 24.8 Å². The first kappa shape index (κ1) is 23.4. The van der Waals surface area contributed by atoms with Crippen LogP contribution in [0.4, 0.5) is 17.2 Å². The summed E-state index contributed by atoms with van der Waals surface area (Å²) in [5.41, 5.74) is 8.84. The minimum Gasteiger partial charge on any atom is -0.479 e. The summed E-state index contributed by atoms with van der Waals surface area (Å²) in [4.78, 5) is 23.1. The molecule has 3 aliphatic rings. The zero-order chi connectivity index (χ0) is 24.9. The van der Waals surface area contributed by atoms with Crippen molar-refractivity contribution in [1.29, 1.82) is 0 Å². The molecule has 4 heterocycles. The van der Waals surface area contributed by atoms with E-state index in [-0.39, 0.29) is 5.91 Å². The normalized spacial score (nSPS) is 16.9. The highest BCUT2D eigenvalue weighted by atomic mass is 16.5. The smallest absolute Gasteiger partial charge is 0.247 e. The number of amides is 1. The molecule has 0 saturated carbocycles. The maximum Gasteiger partial charge on any atom is 0.247 e. The van der Waals surface area contributed by atoms with Crippen molar-refractivity contribution in [2.75, 3.05) is 49.1 Å². The Morgan fingerprint density at radius 1 is 1.22 bits per heavy atom. The van der Waals surface area contributed by atoms with Gasteiger partial charge in [0.25, 0.3) is 0 Å². The number of methoxy groups -OCH3 is 1. The molecule has 0 spiro atoms. The van der Waals surface area contributed by atoms with Gasteiger partial charge in [0.15, 0.2) is 0 Å². The van der Waals surface area contributed by atoms with Gasteiger partial charge in [0, 0.05) is 49.4 Å². The van der Waals surface area contributed by atoms with E-state index in [1.165, 1.54) is 6.08 Å². The lowest BCUT2D eigenvalue weighted by atomic mass is 9.97. The fourth-order valence-electron chi connectivity index (χ4n) is 4.22. The van der Waals surface area contributed by atoms with Crippen molar-refractivity contribution in [1.82, 2.24) is 9.99 Å². The predicted octanol–water partition coefficient (Wildman–Crippen LogP) is 3.98. The number of fused-ring (bicyclic) bond motifs is 1. The number of hydrogen-bond donors (Lipinski definition) is 2. The minimum absolute atomic E-state index is 0.262. The van der Waals surface area contributed by atoms with Gasteiger partial charge in [-0.3, -0.25) is 20.2 Å². The first-order valence-corrected chi connectivity index (χ1v) is 11.8. The largest absolute Gasteiger partial charge is 0.479 e. The van der Waals surface area contributed by atoms with Crippen molar-refractivity contribution >= 4 is 35.0 Å². The van der Waals surface area contributed by atoms with Gasteiger partial charge in [-0.2, -0.15) is 4.98 Å². The highest BCUT2D eigenvalue weighted by molar-refractivity contribution is 5.99. The quantitative estimate of drug-likeness (QED) is 0.575. The van der Waals surface area contributed by atoms with Crippen molar-refractivity contribution in [2.24, 2.45) is 4.99 Å². The summed E-state index contributed by atoms with van der Waals surface area (Å²) < 4.78 is 11.1. The Kier molecular flexibility index (Phi) is 6.81. The van der Waals surface area contributed by atoms with Crippen LogP contribution in [0.25, 0.3) is 5.70 Å². The molecule has 1 fully saturated rings. The molecule has 1 saturated heterocycles. The SMILES string of the molecule is C=CC(=O)Nc1cccc(C2=CC3=CN=CCC3=CN2Nc2ccc(N3CCOCC3)nc2OC)c1.